The highest BCUT2D eigenvalue weighted by Gasteiger charge is 2.60. The maximum Gasteiger partial charge on any atom is 0.331 e. The van der Waals surface area contributed by atoms with E-state index in [0.717, 1.165) is 0 Å². The highest BCUT2D eigenvalue weighted by Crippen LogP contribution is 2.47. The van der Waals surface area contributed by atoms with Gasteiger partial charge in [-0.25, -0.2) is 9.59 Å². The molecule has 0 aromatic rings. The summed E-state index contributed by atoms with van der Waals surface area (Å²) in [6.45, 7) is 46.3. The zero-order valence-electron chi connectivity index (χ0n) is 80.6. The topological polar surface area (TPSA) is 433 Å². The SMILES string of the molecule is C=C1CO[C@@H]2[C@@H](C)C(=NOC(C)=O)[C@H](C)C[C@@](C)(OC1)[C@H](O[C@@H]1O[C@H](C)C[C@H](N(C)C)[C@H]1OC(C)=O)[C@@H](C)[C@H](OC1C[C@@](C)(OC)[C@@H](OC(C)=O)[C@H](C)O1)[C@@H](C)C(=O)O[C@H](CC)[C@@]2(C)O.CC[C@H]1OC(=O)[C@H](C)[C@@H](OC2C[C@@](C)(OC)[C@@H](OC(C)=O)[C@H](C)O2)[C@H](C)[C@@H](O[C@@H]2O[C@H](C)C[C@H](N(C)C)[C@H]2OC(C)=O)[C@](C)(O)C[C@@H](C)C(=NOC(C)=O)[C@H](C)[C@@H](O)[C@]1(C)O. The van der Waals surface area contributed by atoms with Gasteiger partial charge in [0.15, 0.2) is 49.6 Å². The highest BCUT2D eigenvalue weighted by atomic mass is 16.7. The molecule has 2 unspecified atom stereocenters. The van der Waals surface area contributed by atoms with Crippen LogP contribution in [0.5, 0.6) is 0 Å². The molecule has 7 heterocycles. The van der Waals surface area contributed by atoms with Gasteiger partial charge in [0.25, 0.3) is 0 Å². The van der Waals surface area contributed by atoms with Gasteiger partial charge in [-0.3, -0.25) is 28.8 Å². The van der Waals surface area contributed by atoms with Crippen molar-refractivity contribution in [3.05, 3.63) is 12.2 Å². The Balaban J connectivity index is 0.000000390. The summed E-state index contributed by atoms with van der Waals surface area (Å²) in [4.78, 5) is 118. The second-order valence-electron chi connectivity index (χ2n) is 38.0. The molecule has 0 spiro atoms. The van der Waals surface area contributed by atoms with Crippen LogP contribution in [0, 0.1) is 47.3 Å². The van der Waals surface area contributed by atoms with Crippen molar-refractivity contribution >= 4 is 59.2 Å². The number of fused-ring (bicyclic) bond motifs is 5. The van der Waals surface area contributed by atoms with Crippen LogP contribution in [0.2, 0.25) is 0 Å². The zero-order valence-corrected chi connectivity index (χ0v) is 80.6. The van der Waals surface area contributed by atoms with E-state index < -0.39 is 239 Å². The summed E-state index contributed by atoms with van der Waals surface area (Å²) in [7, 11) is 10.5. The summed E-state index contributed by atoms with van der Waals surface area (Å²) in [6.07, 6.45) is -18.2. The number of nitrogens with zero attached hydrogens (tertiary/aromatic N) is 4. The summed E-state index contributed by atoms with van der Waals surface area (Å²) < 4.78 is 115. The van der Waals surface area contributed by atoms with Gasteiger partial charge < -0.3 is 125 Å². The smallest absolute Gasteiger partial charge is 0.331 e. The predicted molar refractivity (Wildman–Crippen MR) is 456 cm³/mol. The van der Waals surface area contributed by atoms with Gasteiger partial charge in [0.1, 0.15) is 34.6 Å². The first-order valence-corrected chi connectivity index (χ1v) is 44.3. The number of likely N-dealkylation sites (N-methyl/N-ethyl adjacent to an activating group) is 2. The fourth-order valence-electron chi connectivity index (χ4n) is 19.7. The third-order valence-corrected chi connectivity index (χ3v) is 26.3. The van der Waals surface area contributed by atoms with Gasteiger partial charge in [-0.1, -0.05) is 72.3 Å². The molecule has 0 aromatic heterocycles. The average molecular weight is 1800 g/mol. The molecule has 36 heteroatoms. The molecule has 0 aliphatic carbocycles. The van der Waals surface area contributed by atoms with Gasteiger partial charge in [-0.15, -0.1) is 0 Å². The number of esters is 6. The first-order valence-electron chi connectivity index (χ1n) is 44.3. The van der Waals surface area contributed by atoms with E-state index in [1.54, 1.807) is 83.1 Å². The summed E-state index contributed by atoms with van der Waals surface area (Å²) in [5, 5.41) is 57.7. The Morgan fingerprint density at radius 1 is 0.476 bits per heavy atom. The molecule has 0 amide bonds. The number of aliphatic hydroxyl groups is 4. The Kier molecular flexibility index (Phi) is 39.3. The second kappa shape index (κ2) is 45.5. The van der Waals surface area contributed by atoms with Crippen LogP contribution >= 0.6 is 0 Å². The predicted octanol–water partition coefficient (Wildman–Crippen LogP) is 8.17. The number of oxime groups is 2. The van der Waals surface area contributed by atoms with Crippen molar-refractivity contribution in [3.8, 4) is 0 Å². The first-order chi connectivity index (χ1) is 58.3. The van der Waals surface area contributed by atoms with Crippen molar-refractivity contribution in [2.45, 2.75) is 400 Å². The minimum absolute atomic E-state index is 0.0220. The molecule has 7 fully saturated rings. The molecule has 36 nitrogen and oxygen atoms in total. The Bertz CT molecular complexity index is 3710. The highest BCUT2D eigenvalue weighted by molar-refractivity contribution is 5.90. The largest absolute Gasteiger partial charge is 0.459 e. The number of cyclic esters (lactones) is 2. The lowest BCUT2D eigenvalue weighted by Crippen LogP contribution is -2.62. The average Bonchev–Trinajstić information content (AvgIpc) is 1.08. The molecule has 4 N–H and O–H groups in total. The first kappa shape index (κ1) is 109. The molecular formula is C90H152N4O32. The minimum atomic E-state index is -2.04. The van der Waals surface area contributed by atoms with E-state index >= 15 is 0 Å². The van der Waals surface area contributed by atoms with Gasteiger partial charge in [0.2, 0.25) is 0 Å². The number of methoxy groups -OCH3 is 2. The monoisotopic (exact) mass is 1800 g/mol. The molecule has 724 valence electrons. The Morgan fingerprint density at radius 2 is 0.857 bits per heavy atom. The standard InChI is InChI=1S/C47H78N2O16.C43H74N2O16/c1-18-35-47(14,54)41-27(5)37(48-65-33(11)52)25(3)20-46(13,57-23-24(2)22-56-41)40(64-44-39(60-31(9)50)34(49(15)16)19-26(4)58-44)28(6)38(29(7)43(53)62-35)63-36-21-45(12,55-17)42(30(8)59-36)61-32(10)51;1-17-31-43(13,52)36(49)23(4)33(44-61-29(10)48)21(2)19-41(11,51)37(60-40-35(56-27(8)46)30(45(14)15)18-22(3)54-40)24(5)34(25(6)39(50)58-31)59-32-20-42(12,53-16)38(26(7)55-32)57-28(9)47/h25-30,34-36,38-42,44,54H,2,18-23H2,1,3-17H3;21-26,30-32,34-38,40,49,51-52H,17-20H2,1-16H3/t25-,26-,27+,28+,29-,30+,34+,35-,36?,38+,39-,40-,41-,42+,44+,45-,46-,47-;21-,22-,23+,24+,25-,26+,30+,31-,32?,34+,35-,36-,37-,38+,40+,41-,42-,43-/m11/s1. The molecule has 126 heavy (non-hydrogen) atoms. The number of hydrogen-bond donors (Lipinski definition) is 4. The van der Waals surface area contributed by atoms with Gasteiger partial charge >= 0.3 is 47.8 Å². The van der Waals surface area contributed by atoms with Crippen LogP contribution in [0.1, 0.15) is 231 Å². The quantitative estimate of drug-likeness (QED) is 0.0293. The molecule has 36 atom stereocenters. The number of ether oxygens (including phenoxy) is 18. The molecule has 7 saturated heterocycles. The van der Waals surface area contributed by atoms with Crippen molar-refractivity contribution in [2.24, 2.45) is 57.7 Å². The number of hydrogen-bond acceptors (Lipinski definition) is 36. The summed E-state index contributed by atoms with van der Waals surface area (Å²) in [6, 6.07) is -0.665. The Hall–Kier alpha value is -5.88. The van der Waals surface area contributed by atoms with E-state index in [1.165, 1.54) is 69.6 Å². The fraction of sp³-hybridized carbons (Fsp3) is 0.867. The van der Waals surface area contributed by atoms with E-state index in [1.807, 2.05) is 79.5 Å². The maximum atomic E-state index is 14.8. The van der Waals surface area contributed by atoms with Crippen LogP contribution in [0.3, 0.4) is 0 Å². The number of carbonyl (C=O) groups is 8. The van der Waals surface area contributed by atoms with Crippen LogP contribution in [0.15, 0.2) is 22.5 Å². The zero-order chi connectivity index (χ0) is 95.5. The van der Waals surface area contributed by atoms with E-state index in [9.17, 15) is 58.8 Å². The maximum absolute atomic E-state index is 14.8. The van der Waals surface area contributed by atoms with Gasteiger partial charge in [-0.2, -0.15) is 0 Å². The molecule has 7 aliphatic rings. The van der Waals surface area contributed by atoms with Crippen molar-refractivity contribution in [1.82, 2.24) is 9.80 Å². The van der Waals surface area contributed by atoms with Crippen LogP contribution < -0.4 is 0 Å². The number of carbonyl (C=O) groups excluding carboxylic acids is 8. The van der Waals surface area contributed by atoms with E-state index in [0.29, 0.717) is 24.1 Å². The summed E-state index contributed by atoms with van der Waals surface area (Å²) >= 11 is 0. The van der Waals surface area contributed by atoms with Gasteiger partial charge in [0, 0.05) is 104 Å². The van der Waals surface area contributed by atoms with Crippen molar-refractivity contribution in [1.29, 1.82) is 0 Å². The lowest BCUT2D eigenvalue weighted by molar-refractivity contribution is -0.321. The third kappa shape index (κ3) is 27.0. The van der Waals surface area contributed by atoms with E-state index in [-0.39, 0.29) is 81.7 Å². The van der Waals surface area contributed by atoms with E-state index in [4.69, 9.17) is 94.9 Å². The second-order valence-corrected chi connectivity index (χ2v) is 38.0. The Labute approximate surface area is 744 Å². The minimum Gasteiger partial charge on any atom is -0.459 e. The normalized spacial score (nSPS) is 43.5. The fourth-order valence-corrected chi connectivity index (χ4v) is 19.7. The van der Waals surface area contributed by atoms with Crippen molar-refractivity contribution in [3.63, 3.8) is 0 Å². The van der Waals surface area contributed by atoms with Crippen LogP contribution in [-0.4, -0.2) is 314 Å². The van der Waals surface area contributed by atoms with Crippen LogP contribution in [0.4, 0.5) is 0 Å². The third-order valence-electron chi connectivity index (χ3n) is 26.3. The van der Waals surface area contributed by atoms with Crippen LogP contribution in [0.25, 0.3) is 0 Å². The lowest BCUT2D eigenvalue weighted by Gasteiger charge is -2.50. The molecule has 7 aliphatic heterocycles. The van der Waals surface area contributed by atoms with Crippen molar-refractivity contribution in [2.75, 3.05) is 55.6 Å². The Morgan fingerprint density at radius 3 is 1.24 bits per heavy atom. The molecular weight excluding hydrogens is 1650 g/mol. The number of aliphatic hydroxyl groups excluding tert-OH is 1. The van der Waals surface area contributed by atoms with Gasteiger partial charge in [-0.05, 0) is 155 Å². The van der Waals surface area contributed by atoms with Crippen LogP contribution in [-0.2, 0) is 133 Å². The molecule has 0 radical (unpaired) electrons. The number of rotatable bonds is 20. The molecule has 7 rings (SSSR count). The van der Waals surface area contributed by atoms with Crippen molar-refractivity contribution < 1.29 is 154 Å². The molecule has 2 bridgehead atoms. The van der Waals surface area contributed by atoms with Gasteiger partial charge in [0.05, 0.1) is 121 Å². The molecule has 0 aromatic carbocycles. The molecule has 0 saturated carbocycles. The van der Waals surface area contributed by atoms with E-state index in [2.05, 4.69) is 16.9 Å². The summed E-state index contributed by atoms with van der Waals surface area (Å²) in [5.41, 5.74) is -8.21. The lowest BCUT2D eigenvalue weighted by atomic mass is 9.73. The summed E-state index contributed by atoms with van der Waals surface area (Å²) in [5.74, 6) is -11.9.